The molecule has 0 saturated heterocycles. The molecule has 3 N–H and O–H groups in total. The maximum Gasteiger partial charge on any atom is 0.138 e. The van der Waals surface area contributed by atoms with Gasteiger partial charge in [0.05, 0.1) is 5.69 Å². The van der Waals surface area contributed by atoms with Crippen LogP contribution >= 0.6 is 0 Å². The van der Waals surface area contributed by atoms with Crippen LogP contribution in [0.15, 0.2) is 12.3 Å². The average molecular weight is 138 g/mol. The molecule has 0 aliphatic carbocycles. The van der Waals surface area contributed by atoms with Crippen LogP contribution in [-0.4, -0.2) is 10.1 Å². The molecule has 3 nitrogen and oxygen atoms in total. The summed E-state index contributed by atoms with van der Waals surface area (Å²) in [6.45, 7) is 2.15. The van der Waals surface area contributed by atoms with E-state index in [1.807, 2.05) is 6.92 Å². The minimum Gasteiger partial charge on any atom is -0.506 e. The van der Waals surface area contributed by atoms with Gasteiger partial charge >= 0.3 is 0 Å². The van der Waals surface area contributed by atoms with Gasteiger partial charge in [-0.25, -0.2) is 0 Å². The summed E-state index contributed by atoms with van der Waals surface area (Å²) in [6, 6.07) is 1.65. The zero-order valence-corrected chi connectivity index (χ0v) is 5.83. The fourth-order valence-corrected chi connectivity index (χ4v) is 0.739. The Morgan fingerprint density at radius 1 is 1.70 bits per heavy atom. The third-order valence-electron chi connectivity index (χ3n) is 1.28. The molecule has 0 spiro atoms. The first-order valence-corrected chi connectivity index (χ1v) is 3.08. The van der Waals surface area contributed by atoms with Gasteiger partial charge in [0, 0.05) is 12.7 Å². The summed E-state index contributed by atoms with van der Waals surface area (Å²) in [4.78, 5) is 3.92. The molecule has 0 aliphatic heterocycles. The van der Waals surface area contributed by atoms with Crippen molar-refractivity contribution in [3.63, 3.8) is 0 Å². The Morgan fingerprint density at radius 2 is 2.40 bits per heavy atom. The molecule has 0 unspecified atom stereocenters. The topological polar surface area (TPSA) is 59.1 Å². The van der Waals surface area contributed by atoms with Crippen LogP contribution in [0, 0.1) is 6.92 Å². The molecule has 0 amide bonds. The highest BCUT2D eigenvalue weighted by Crippen LogP contribution is 2.13. The number of nitrogens with two attached hydrogens (primary N) is 1. The van der Waals surface area contributed by atoms with Crippen molar-refractivity contribution in [3.8, 4) is 5.75 Å². The Bertz CT molecular complexity index is 235. The van der Waals surface area contributed by atoms with Crippen LogP contribution in [0.2, 0.25) is 0 Å². The fourth-order valence-electron chi connectivity index (χ4n) is 0.739. The summed E-state index contributed by atoms with van der Waals surface area (Å²) in [6.07, 6.45) is 1.68. The quantitative estimate of drug-likeness (QED) is 0.596. The van der Waals surface area contributed by atoms with Crippen molar-refractivity contribution in [2.24, 2.45) is 5.73 Å². The normalized spacial score (nSPS) is 9.80. The minimum atomic E-state index is 0.183. The summed E-state index contributed by atoms with van der Waals surface area (Å²) < 4.78 is 0. The molecule has 0 aliphatic rings. The van der Waals surface area contributed by atoms with Gasteiger partial charge in [0.15, 0.2) is 0 Å². The predicted octanol–water partition coefficient (Wildman–Crippen LogP) is 0.554. The SMILES string of the molecule is Cc1cnc(CN)c(O)c1. The van der Waals surface area contributed by atoms with Crippen molar-refractivity contribution >= 4 is 0 Å². The van der Waals surface area contributed by atoms with Crippen molar-refractivity contribution in [1.82, 2.24) is 4.98 Å². The number of aromatic hydroxyl groups is 1. The van der Waals surface area contributed by atoms with Gasteiger partial charge < -0.3 is 10.8 Å². The lowest BCUT2D eigenvalue weighted by Crippen LogP contribution is -1.99. The number of nitrogens with zero attached hydrogens (tertiary/aromatic N) is 1. The molecular formula is C7H10N2O. The van der Waals surface area contributed by atoms with E-state index in [-0.39, 0.29) is 12.3 Å². The van der Waals surface area contributed by atoms with Gasteiger partial charge in [-0.15, -0.1) is 0 Å². The summed E-state index contributed by atoms with van der Waals surface area (Å²) in [5.41, 5.74) is 6.76. The predicted molar refractivity (Wildman–Crippen MR) is 38.5 cm³/mol. The summed E-state index contributed by atoms with van der Waals surface area (Å²) in [7, 11) is 0. The Labute approximate surface area is 59.5 Å². The molecule has 1 rings (SSSR count). The third-order valence-corrected chi connectivity index (χ3v) is 1.28. The molecule has 0 radical (unpaired) electrons. The summed E-state index contributed by atoms with van der Waals surface area (Å²) >= 11 is 0. The lowest BCUT2D eigenvalue weighted by atomic mass is 10.2. The van der Waals surface area contributed by atoms with E-state index in [4.69, 9.17) is 10.8 Å². The Balaban J connectivity index is 3.07. The number of hydrogen-bond acceptors (Lipinski definition) is 3. The van der Waals surface area contributed by atoms with Crippen molar-refractivity contribution in [1.29, 1.82) is 0 Å². The minimum absolute atomic E-state index is 0.183. The van der Waals surface area contributed by atoms with Gasteiger partial charge in [-0.05, 0) is 18.6 Å². The molecule has 0 aromatic carbocycles. The molecule has 0 saturated carbocycles. The summed E-state index contributed by atoms with van der Waals surface area (Å²) in [5.74, 6) is 0.183. The molecule has 1 aromatic rings. The van der Waals surface area contributed by atoms with Gasteiger partial charge in [0.2, 0.25) is 0 Å². The van der Waals surface area contributed by atoms with Gasteiger partial charge in [-0.2, -0.15) is 0 Å². The van der Waals surface area contributed by atoms with Crippen LogP contribution in [0.5, 0.6) is 5.75 Å². The van der Waals surface area contributed by atoms with Crippen LogP contribution in [-0.2, 0) is 6.54 Å². The number of hydrogen-bond donors (Lipinski definition) is 2. The molecule has 0 bridgehead atoms. The number of pyridine rings is 1. The standard InChI is InChI=1S/C7H10N2O/c1-5-2-7(10)6(3-8)9-4-5/h2,4,10H,3,8H2,1H3. The molecule has 0 atom stereocenters. The van der Waals surface area contributed by atoms with Gasteiger partial charge in [-0.3, -0.25) is 4.98 Å². The fraction of sp³-hybridized carbons (Fsp3) is 0.286. The molecule has 10 heavy (non-hydrogen) atoms. The highest BCUT2D eigenvalue weighted by molar-refractivity contribution is 5.28. The molecule has 1 aromatic heterocycles. The van der Waals surface area contributed by atoms with Crippen molar-refractivity contribution in [2.45, 2.75) is 13.5 Å². The zero-order valence-electron chi connectivity index (χ0n) is 5.83. The van der Waals surface area contributed by atoms with E-state index in [9.17, 15) is 0 Å². The first-order valence-electron chi connectivity index (χ1n) is 3.08. The average Bonchev–Trinajstić information content (AvgIpc) is 1.88. The van der Waals surface area contributed by atoms with Crippen LogP contribution < -0.4 is 5.73 Å². The molecular weight excluding hydrogens is 128 g/mol. The van der Waals surface area contributed by atoms with Crippen molar-refractivity contribution in [3.05, 3.63) is 23.5 Å². The maximum atomic E-state index is 9.15. The Kier molecular flexibility index (Phi) is 1.87. The third kappa shape index (κ3) is 1.25. The highest BCUT2D eigenvalue weighted by Gasteiger charge is 1.98. The highest BCUT2D eigenvalue weighted by atomic mass is 16.3. The largest absolute Gasteiger partial charge is 0.506 e. The van der Waals surface area contributed by atoms with Crippen LogP contribution in [0.4, 0.5) is 0 Å². The number of rotatable bonds is 1. The van der Waals surface area contributed by atoms with Gasteiger partial charge in [0.25, 0.3) is 0 Å². The van der Waals surface area contributed by atoms with E-state index in [2.05, 4.69) is 4.98 Å². The monoisotopic (exact) mass is 138 g/mol. The van der Waals surface area contributed by atoms with E-state index in [0.717, 1.165) is 5.56 Å². The van der Waals surface area contributed by atoms with E-state index >= 15 is 0 Å². The second-order valence-electron chi connectivity index (χ2n) is 2.18. The Hall–Kier alpha value is -1.09. The van der Waals surface area contributed by atoms with E-state index < -0.39 is 0 Å². The molecule has 1 heterocycles. The zero-order chi connectivity index (χ0) is 7.56. The number of aromatic nitrogens is 1. The first-order chi connectivity index (χ1) is 4.74. The van der Waals surface area contributed by atoms with Crippen molar-refractivity contribution in [2.75, 3.05) is 0 Å². The number of aryl methyl sites for hydroxylation is 1. The van der Waals surface area contributed by atoms with Crippen LogP contribution in [0.1, 0.15) is 11.3 Å². The lowest BCUT2D eigenvalue weighted by Gasteiger charge is -1.99. The lowest BCUT2D eigenvalue weighted by molar-refractivity contribution is 0.464. The van der Waals surface area contributed by atoms with E-state index in [0.29, 0.717) is 5.69 Å². The van der Waals surface area contributed by atoms with Gasteiger partial charge in [0.1, 0.15) is 5.75 Å². The van der Waals surface area contributed by atoms with Crippen molar-refractivity contribution < 1.29 is 5.11 Å². The van der Waals surface area contributed by atoms with E-state index in [1.165, 1.54) is 0 Å². The van der Waals surface area contributed by atoms with Gasteiger partial charge in [-0.1, -0.05) is 0 Å². The van der Waals surface area contributed by atoms with E-state index in [1.54, 1.807) is 12.3 Å². The second-order valence-corrected chi connectivity index (χ2v) is 2.18. The molecule has 3 heteroatoms. The molecule has 54 valence electrons. The maximum absolute atomic E-state index is 9.15. The smallest absolute Gasteiger partial charge is 0.138 e. The second kappa shape index (κ2) is 2.66. The molecule has 0 fully saturated rings. The van der Waals surface area contributed by atoms with Crippen LogP contribution in [0.25, 0.3) is 0 Å². The summed E-state index contributed by atoms with van der Waals surface area (Å²) in [5, 5.41) is 9.15. The Morgan fingerprint density at radius 3 is 2.90 bits per heavy atom. The van der Waals surface area contributed by atoms with Crippen LogP contribution in [0.3, 0.4) is 0 Å². The first kappa shape index (κ1) is 7.02.